The fraction of sp³-hybridized carbons (Fsp3) is 0.0465. The van der Waals surface area contributed by atoms with Crippen LogP contribution in [0, 0.1) is 0 Å². The second-order valence-corrected chi connectivity index (χ2v) is 12.2. The van der Waals surface area contributed by atoms with Gasteiger partial charge in [-0.05, 0) is 75.2 Å². The van der Waals surface area contributed by atoms with Gasteiger partial charge in [-0.3, -0.25) is 0 Å². The van der Waals surface area contributed by atoms with Gasteiger partial charge in [0.1, 0.15) is 11.2 Å². The lowest BCUT2D eigenvalue weighted by Gasteiger charge is -2.11. The highest BCUT2D eigenvalue weighted by Gasteiger charge is 2.26. The van der Waals surface area contributed by atoms with Crippen LogP contribution in [0.5, 0.6) is 0 Å². The molecule has 0 spiro atoms. The molecule has 0 atom stereocenters. The minimum atomic E-state index is 0.621. The van der Waals surface area contributed by atoms with E-state index in [1.54, 1.807) is 0 Å². The predicted molar refractivity (Wildman–Crippen MR) is 192 cm³/mol. The van der Waals surface area contributed by atoms with Crippen LogP contribution < -0.4 is 0 Å². The first-order chi connectivity index (χ1) is 23.3. The van der Waals surface area contributed by atoms with Crippen molar-refractivity contribution in [1.82, 2.24) is 15.0 Å². The Bertz CT molecular complexity index is 2630. The van der Waals surface area contributed by atoms with E-state index in [2.05, 4.69) is 109 Å². The number of rotatable bonds is 4. The lowest BCUT2D eigenvalue weighted by Crippen LogP contribution is -2.00. The Morgan fingerprint density at radius 3 is 1.98 bits per heavy atom. The van der Waals surface area contributed by atoms with Crippen LogP contribution >= 0.6 is 0 Å². The molecule has 2 aliphatic rings. The van der Waals surface area contributed by atoms with E-state index in [9.17, 15) is 0 Å². The molecule has 2 aromatic heterocycles. The monoisotopic (exact) mass is 601 g/mol. The van der Waals surface area contributed by atoms with Crippen molar-refractivity contribution in [3.63, 3.8) is 0 Å². The smallest absolute Gasteiger partial charge is 0.164 e. The van der Waals surface area contributed by atoms with Crippen molar-refractivity contribution in [2.24, 2.45) is 0 Å². The van der Waals surface area contributed by atoms with Gasteiger partial charge in [-0.2, -0.15) is 0 Å². The van der Waals surface area contributed by atoms with Crippen molar-refractivity contribution < 1.29 is 4.42 Å². The molecule has 0 saturated carbocycles. The van der Waals surface area contributed by atoms with Gasteiger partial charge in [0.25, 0.3) is 0 Å². The molecule has 0 saturated heterocycles. The number of hydrogen-bond acceptors (Lipinski definition) is 4. The van der Waals surface area contributed by atoms with E-state index in [-0.39, 0.29) is 0 Å². The van der Waals surface area contributed by atoms with Crippen LogP contribution in [0.15, 0.2) is 144 Å². The number of aromatic nitrogens is 3. The SMILES string of the molecule is C1=CC(c2cccc(-c3nc(-c4ccccc4)nc(-c4cccc5oc6cc7c8c(cccc8c6c45)-c4ccccc4-7)n3)c2)=CCC1. The van der Waals surface area contributed by atoms with Gasteiger partial charge in [-0.1, -0.05) is 121 Å². The number of allylic oxidation sites excluding steroid dienone is 4. The zero-order chi connectivity index (χ0) is 30.9. The fourth-order valence-electron chi connectivity index (χ4n) is 7.37. The van der Waals surface area contributed by atoms with Crippen LogP contribution in [-0.4, -0.2) is 15.0 Å². The molecule has 2 heterocycles. The predicted octanol–water partition coefficient (Wildman–Crippen LogP) is 11.3. The summed E-state index contributed by atoms with van der Waals surface area (Å²) in [5.41, 5.74) is 11.9. The van der Waals surface area contributed by atoms with Crippen molar-refractivity contribution >= 4 is 38.3 Å². The van der Waals surface area contributed by atoms with E-state index in [1.807, 2.05) is 30.3 Å². The lowest BCUT2D eigenvalue weighted by atomic mass is 9.96. The maximum atomic E-state index is 6.63. The molecule has 6 aromatic carbocycles. The first-order valence-corrected chi connectivity index (χ1v) is 16.1. The highest BCUT2D eigenvalue weighted by Crippen LogP contribution is 2.51. The van der Waals surface area contributed by atoms with E-state index in [0.717, 1.165) is 57.0 Å². The molecule has 2 aliphatic carbocycles. The summed E-state index contributed by atoms with van der Waals surface area (Å²) >= 11 is 0. The Morgan fingerprint density at radius 2 is 1.13 bits per heavy atom. The lowest BCUT2D eigenvalue weighted by molar-refractivity contribution is 0.669. The van der Waals surface area contributed by atoms with Gasteiger partial charge in [-0.15, -0.1) is 0 Å². The zero-order valence-electron chi connectivity index (χ0n) is 25.4. The summed E-state index contributed by atoms with van der Waals surface area (Å²) in [6.07, 6.45) is 8.88. The summed E-state index contributed by atoms with van der Waals surface area (Å²) < 4.78 is 6.63. The molecule has 0 radical (unpaired) electrons. The molecule has 0 fully saturated rings. The van der Waals surface area contributed by atoms with Gasteiger partial charge >= 0.3 is 0 Å². The molecule has 47 heavy (non-hydrogen) atoms. The summed E-state index contributed by atoms with van der Waals surface area (Å²) in [6, 6.07) is 42.3. The third-order valence-corrected chi connectivity index (χ3v) is 9.49. The van der Waals surface area contributed by atoms with Crippen LogP contribution in [0.1, 0.15) is 18.4 Å². The second-order valence-electron chi connectivity index (χ2n) is 12.2. The Hall–Kier alpha value is -6.13. The van der Waals surface area contributed by atoms with Crippen molar-refractivity contribution in [2.75, 3.05) is 0 Å². The molecule has 0 N–H and O–H groups in total. The van der Waals surface area contributed by atoms with Crippen LogP contribution in [0.25, 0.3) is 94.7 Å². The molecule has 0 unspecified atom stereocenters. The fourth-order valence-corrected chi connectivity index (χ4v) is 7.37. The van der Waals surface area contributed by atoms with Crippen LogP contribution in [-0.2, 0) is 0 Å². The number of nitrogens with zero attached hydrogens (tertiary/aromatic N) is 3. The van der Waals surface area contributed by atoms with Gasteiger partial charge < -0.3 is 4.42 Å². The number of furan rings is 1. The number of fused-ring (bicyclic) bond motifs is 7. The van der Waals surface area contributed by atoms with Crippen LogP contribution in [0.3, 0.4) is 0 Å². The van der Waals surface area contributed by atoms with Crippen LogP contribution in [0.2, 0.25) is 0 Å². The summed E-state index contributed by atoms with van der Waals surface area (Å²) in [6.45, 7) is 0. The van der Waals surface area contributed by atoms with Crippen molar-refractivity contribution in [3.8, 4) is 56.4 Å². The third-order valence-electron chi connectivity index (χ3n) is 9.49. The maximum absolute atomic E-state index is 6.63. The molecule has 4 nitrogen and oxygen atoms in total. The third kappa shape index (κ3) is 4.05. The first kappa shape index (κ1) is 26.1. The van der Waals surface area contributed by atoms with Gasteiger partial charge in [0.15, 0.2) is 17.5 Å². The second kappa shape index (κ2) is 10.2. The van der Waals surface area contributed by atoms with E-state index >= 15 is 0 Å². The largest absolute Gasteiger partial charge is 0.456 e. The normalized spacial score (nSPS) is 13.4. The minimum Gasteiger partial charge on any atom is -0.456 e. The Balaban J connectivity index is 1.24. The maximum Gasteiger partial charge on any atom is 0.164 e. The Morgan fingerprint density at radius 1 is 0.447 bits per heavy atom. The average molecular weight is 602 g/mol. The molecule has 8 aromatic rings. The quantitative estimate of drug-likeness (QED) is 0.201. The molecule has 0 aliphatic heterocycles. The van der Waals surface area contributed by atoms with E-state index in [0.29, 0.717) is 17.5 Å². The molecular weight excluding hydrogens is 574 g/mol. The highest BCUT2D eigenvalue weighted by atomic mass is 16.3. The zero-order valence-corrected chi connectivity index (χ0v) is 25.4. The topological polar surface area (TPSA) is 51.8 Å². The summed E-state index contributed by atoms with van der Waals surface area (Å²) in [5.74, 6) is 1.90. The highest BCUT2D eigenvalue weighted by molar-refractivity contribution is 6.29. The standard InChI is InChI=1S/C43H27N3O/c1-3-12-26(13-4-1)28-16-9-17-29(24-28)42-44-41(27-14-5-2-6-15-27)45-43(46-42)34-22-11-23-36-40(34)39-33-21-10-20-32-30-18-7-8-19-31(30)35(38(32)33)25-37(39)47-36/h2-3,5-25H,1,4H2. The van der Waals surface area contributed by atoms with E-state index < -0.39 is 0 Å². The van der Waals surface area contributed by atoms with Gasteiger partial charge in [-0.25, -0.2) is 15.0 Å². The molecule has 10 rings (SSSR count). The molecule has 220 valence electrons. The van der Waals surface area contributed by atoms with E-state index in [1.165, 1.54) is 38.6 Å². The molecule has 0 bridgehead atoms. The van der Waals surface area contributed by atoms with Crippen molar-refractivity contribution in [2.45, 2.75) is 12.8 Å². The molecular formula is C43H27N3O. The van der Waals surface area contributed by atoms with Crippen molar-refractivity contribution in [3.05, 3.63) is 145 Å². The number of benzene rings is 6. The van der Waals surface area contributed by atoms with Crippen molar-refractivity contribution in [1.29, 1.82) is 0 Å². The average Bonchev–Trinajstić information content (AvgIpc) is 3.69. The summed E-state index contributed by atoms with van der Waals surface area (Å²) in [5, 5.41) is 4.55. The first-order valence-electron chi connectivity index (χ1n) is 16.1. The van der Waals surface area contributed by atoms with Gasteiger partial charge in [0.05, 0.1) is 0 Å². The Labute approximate surface area is 271 Å². The van der Waals surface area contributed by atoms with Crippen LogP contribution in [0.4, 0.5) is 0 Å². The number of hydrogen-bond donors (Lipinski definition) is 0. The Kier molecular flexibility index (Phi) is 5.67. The van der Waals surface area contributed by atoms with E-state index in [4.69, 9.17) is 19.4 Å². The summed E-state index contributed by atoms with van der Waals surface area (Å²) in [7, 11) is 0. The molecule has 0 amide bonds. The van der Waals surface area contributed by atoms with Gasteiger partial charge in [0, 0.05) is 27.5 Å². The minimum absolute atomic E-state index is 0.621. The van der Waals surface area contributed by atoms with Gasteiger partial charge in [0.2, 0.25) is 0 Å². The molecule has 4 heteroatoms. The summed E-state index contributed by atoms with van der Waals surface area (Å²) in [4.78, 5) is 15.3.